The Morgan fingerprint density at radius 2 is 2.13 bits per heavy atom. The van der Waals surface area contributed by atoms with Crippen molar-refractivity contribution in [3.63, 3.8) is 0 Å². The second kappa shape index (κ2) is 4.94. The van der Waals surface area contributed by atoms with Crippen molar-refractivity contribution >= 4 is 5.97 Å². The van der Waals surface area contributed by atoms with Crippen LogP contribution in [0.1, 0.15) is 17.0 Å². The molecule has 0 radical (unpaired) electrons. The molecule has 0 saturated heterocycles. The van der Waals surface area contributed by atoms with Gasteiger partial charge in [-0.3, -0.25) is 4.79 Å². The maximum atomic E-state index is 11.1. The number of nitrogens with zero attached hydrogens (tertiary/aromatic N) is 1. The van der Waals surface area contributed by atoms with Gasteiger partial charge in [0.1, 0.15) is 0 Å². The monoisotopic (exact) mass is 207 g/mol. The molecule has 0 saturated carbocycles. The van der Waals surface area contributed by atoms with E-state index >= 15 is 0 Å². The Balaban J connectivity index is 2.94. The van der Waals surface area contributed by atoms with Gasteiger partial charge >= 0.3 is 5.97 Å². The summed E-state index contributed by atoms with van der Waals surface area (Å²) < 4.78 is 0. The van der Waals surface area contributed by atoms with Crippen molar-refractivity contribution in [1.29, 1.82) is 0 Å². The molecule has 0 aliphatic rings. The summed E-state index contributed by atoms with van der Waals surface area (Å²) in [5.74, 6) is -1.21. The molecule has 15 heavy (non-hydrogen) atoms. The van der Waals surface area contributed by atoms with Crippen molar-refractivity contribution in [3.05, 3.63) is 35.4 Å². The van der Waals surface area contributed by atoms with Gasteiger partial charge in [-0.15, -0.1) is 0 Å². The molecule has 0 bridgehead atoms. The van der Waals surface area contributed by atoms with Crippen LogP contribution in [-0.4, -0.2) is 36.6 Å². The average Bonchev–Trinajstić information content (AvgIpc) is 2.13. The number of aliphatic carboxylic acids is 1. The fourth-order valence-electron chi connectivity index (χ4n) is 1.58. The number of carbonyl (C=O) groups is 1. The molecule has 1 atom stereocenters. The van der Waals surface area contributed by atoms with Crippen LogP contribution in [0.2, 0.25) is 0 Å². The third kappa shape index (κ3) is 3.36. The zero-order valence-corrected chi connectivity index (χ0v) is 9.40. The minimum Gasteiger partial charge on any atom is -0.481 e. The molecule has 1 unspecified atom stereocenters. The molecule has 0 amide bonds. The first-order valence-corrected chi connectivity index (χ1v) is 4.95. The first-order chi connectivity index (χ1) is 7.00. The fourth-order valence-corrected chi connectivity index (χ4v) is 1.58. The number of benzene rings is 1. The zero-order valence-electron chi connectivity index (χ0n) is 9.40. The summed E-state index contributed by atoms with van der Waals surface area (Å²) in [6, 6.07) is 7.67. The third-order valence-electron chi connectivity index (χ3n) is 2.29. The molecular formula is C12H17NO2. The quantitative estimate of drug-likeness (QED) is 0.817. The Morgan fingerprint density at radius 1 is 1.47 bits per heavy atom. The second-order valence-corrected chi connectivity index (χ2v) is 4.07. The standard InChI is InChI=1S/C12H17NO2/c1-9-5-4-6-10(7-9)11(12(14)15)8-13(2)3/h4-7,11H,8H2,1-3H3,(H,14,15). The van der Waals surface area contributed by atoms with E-state index < -0.39 is 11.9 Å². The molecule has 0 aliphatic carbocycles. The lowest BCUT2D eigenvalue weighted by molar-refractivity contribution is -0.139. The van der Waals surface area contributed by atoms with E-state index in [9.17, 15) is 4.79 Å². The number of carboxylic acids is 1. The minimum absolute atomic E-state index is 0.445. The molecule has 0 fully saturated rings. The van der Waals surface area contributed by atoms with Crippen LogP contribution in [0.15, 0.2) is 24.3 Å². The molecule has 3 heteroatoms. The van der Waals surface area contributed by atoms with Crippen molar-refractivity contribution in [2.45, 2.75) is 12.8 Å². The molecule has 1 N–H and O–H groups in total. The molecule has 0 aliphatic heterocycles. The van der Waals surface area contributed by atoms with Gasteiger partial charge in [0.2, 0.25) is 0 Å². The van der Waals surface area contributed by atoms with Crippen LogP contribution >= 0.6 is 0 Å². The topological polar surface area (TPSA) is 40.5 Å². The summed E-state index contributed by atoms with van der Waals surface area (Å²) in [5.41, 5.74) is 1.97. The van der Waals surface area contributed by atoms with Crippen molar-refractivity contribution < 1.29 is 9.90 Å². The van der Waals surface area contributed by atoms with Crippen molar-refractivity contribution in [1.82, 2.24) is 4.90 Å². The van der Waals surface area contributed by atoms with Gasteiger partial charge in [0.05, 0.1) is 5.92 Å². The molecule has 0 spiro atoms. The molecule has 3 nitrogen and oxygen atoms in total. The summed E-state index contributed by atoms with van der Waals surface area (Å²) in [7, 11) is 3.76. The van der Waals surface area contributed by atoms with Crippen LogP contribution in [0, 0.1) is 6.92 Å². The lowest BCUT2D eigenvalue weighted by Crippen LogP contribution is -2.26. The van der Waals surface area contributed by atoms with Gasteiger partial charge in [-0.1, -0.05) is 29.8 Å². The molecule has 0 aromatic heterocycles. The highest BCUT2D eigenvalue weighted by Crippen LogP contribution is 2.18. The van der Waals surface area contributed by atoms with Crippen LogP contribution in [0.25, 0.3) is 0 Å². The van der Waals surface area contributed by atoms with Gasteiger partial charge in [0.15, 0.2) is 0 Å². The van der Waals surface area contributed by atoms with Gasteiger partial charge in [-0.2, -0.15) is 0 Å². The maximum Gasteiger partial charge on any atom is 0.312 e. The highest BCUT2D eigenvalue weighted by molar-refractivity contribution is 5.76. The molecular weight excluding hydrogens is 190 g/mol. The van der Waals surface area contributed by atoms with Crippen molar-refractivity contribution in [3.8, 4) is 0 Å². The highest BCUT2D eigenvalue weighted by Gasteiger charge is 2.20. The predicted molar refractivity (Wildman–Crippen MR) is 60.1 cm³/mol. The van der Waals surface area contributed by atoms with Gasteiger partial charge in [-0.05, 0) is 26.6 Å². The summed E-state index contributed by atoms with van der Waals surface area (Å²) in [4.78, 5) is 13.0. The number of rotatable bonds is 4. The number of hydrogen-bond donors (Lipinski definition) is 1. The van der Waals surface area contributed by atoms with E-state index in [4.69, 9.17) is 5.11 Å². The SMILES string of the molecule is Cc1cccc(C(CN(C)C)C(=O)O)c1. The lowest BCUT2D eigenvalue weighted by Gasteiger charge is -2.17. The van der Waals surface area contributed by atoms with Crippen LogP contribution < -0.4 is 0 Å². The largest absolute Gasteiger partial charge is 0.481 e. The zero-order chi connectivity index (χ0) is 11.4. The Morgan fingerprint density at radius 3 is 2.60 bits per heavy atom. The van der Waals surface area contributed by atoms with E-state index in [1.807, 2.05) is 50.2 Å². The van der Waals surface area contributed by atoms with E-state index in [0.717, 1.165) is 11.1 Å². The smallest absolute Gasteiger partial charge is 0.312 e. The Hall–Kier alpha value is -1.35. The third-order valence-corrected chi connectivity index (χ3v) is 2.29. The van der Waals surface area contributed by atoms with Crippen LogP contribution in [0.4, 0.5) is 0 Å². The predicted octanol–water partition coefficient (Wildman–Crippen LogP) is 1.72. The Labute approximate surface area is 90.3 Å². The van der Waals surface area contributed by atoms with Gasteiger partial charge in [0.25, 0.3) is 0 Å². The van der Waals surface area contributed by atoms with E-state index in [2.05, 4.69) is 0 Å². The maximum absolute atomic E-state index is 11.1. The summed E-state index contributed by atoms with van der Waals surface area (Å²) in [5, 5.41) is 9.14. The second-order valence-electron chi connectivity index (χ2n) is 4.07. The fraction of sp³-hybridized carbons (Fsp3) is 0.417. The first-order valence-electron chi connectivity index (χ1n) is 4.95. The summed E-state index contributed by atoms with van der Waals surface area (Å²) in [6.07, 6.45) is 0. The van der Waals surface area contributed by atoms with Crippen molar-refractivity contribution in [2.75, 3.05) is 20.6 Å². The minimum atomic E-state index is -0.769. The first kappa shape index (κ1) is 11.7. The Bertz CT molecular complexity index is 347. The van der Waals surface area contributed by atoms with E-state index in [1.54, 1.807) is 0 Å². The molecule has 1 aromatic rings. The van der Waals surface area contributed by atoms with Gasteiger partial charge in [-0.25, -0.2) is 0 Å². The number of likely N-dealkylation sites (N-methyl/N-ethyl adjacent to an activating group) is 1. The van der Waals surface area contributed by atoms with Crippen LogP contribution in [-0.2, 0) is 4.79 Å². The summed E-state index contributed by atoms with van der Waals surface area (Å²) >= 11 is 0. The normalized spacial score (nSPS) is 12.8. The van der Waals surface area contributed by atoms with Crippen molar-refractivity contribution in [2.24, 2.45) is 0 Å². The lowest BCUT2D eigenvalue weighted by atomic mass is 9.97. The highest BCUT2D eigenvalue weighted by atomic mass is 16.4. The summed E-state index contributed by atoms with van der Waals surface area (Å²) in [6.45, 7) is 2.50. The molecule has 1 rings (SSSR count). The van der Waals surface area contributed by atoms with Crippen LogP contribution in [0.5, 0.6) is 0 Å². The molecule has 82 valence electrons. The van der Waals surface area contributed by atoms with E-state index in [-0.39, 0.29) is 0 Å². The van der Waals surface area contributed by atoms with Gasteiger partial charge < -0.3 is 10.0 Å². The Kier molecular flexibility index (Phi) is 3.86. The number of carboxylic acid groups (broad SMARTS) is 1. The average molecular weight is 207 g/mol. The number of aryl methyl sites for hydroxylation is 1. The van der Waals surface area contributed by atoms with E-state index in [1.165, 1.54) is 0 Å². The van der Waals surface area contributed by atoms with Crippen LogP contribution in [0.3, 0.4) is 0 Å². The van der Waals surface area contributed by atoms with Gasteiger partial charge in [0, 0.05) is 6.54 Å². The molecule has 0 heterocycles. The van der Waals surface area contributed by atoms with E-state index in [0.29, 0.717) is 6.54 Å². The molecule has 1 aromatic carbocycles. The number of hydrogen-bond acceptors (Lipinski definition) is 2.